The standard InChI is InChI=1S/C18H25N5OS.HI/c1-13-22-16(12-25-13)11-23(4)18(20-3)21-9-8-14-6-5-7-15(10-14)17(24)19-2;/h5-7,10,12H,8-9,11H2,1-4H3,(H,19,24)(H,20,21);1H. The van der Waals surface area contributed by atoms with Crippen LogP contribution < -0.4 is 10.6 Å². The molecule has 0 saturated heterocycles. The van der Waals surface area contributed by atoms with Gasteiger partial charge < -0.3 is 15.5 Å². The molecule has 0 spiro atoms. The summed E-state index contributed by atoms with van der Waals surface area (Å²) in [7, 11) is 5.41. The Morgan fingerprint density at radius 3 is 2.77 bits per heavy atom. The maximum atomic E-state index is 11.7. The molecular weight excluding hydrogens is 461 g/mol. The van der Waals surface area contributed by atoms with E-state index in [4.69, 9.17) is 0 Å². The predicted molar refractivity (Wildman–Crippen MR) is 119 cm³/mol. The number of carbonyl (C=O) groups is 1. The largest absolute Gasteiger partial charge is 0.356 e. The van der Waals surface area contributed by atoms with E-state index in [1.165, 1.54) is 0 Å². The molecule has 1 aromatic heterocycles. The Hall–Kier alpha value is -1.68. The third-order valence-electron chi connectivity index (χ3n) is 3.75. The van der Waals surface area contributed by atoms with Gasteiger partial charge in [-0.3, -0.25) is 9.79 Å². The molecule has 2 aromatic rings. The van der Waals surface area contributed by atoms with E-state index in [0.29, 0.717) is 5.56 Å². The molecule has 0 aliphatic rings. The molecule has 0 aliphatic heterocycles. The minimum absolute atomic E-state index is 0. The number of carbonyl (C=O) groups excluding carboxylic acids is 1. The number of aryl methyl sites for hydroxylation is 1. The molecule has 1 heterocycles. The molecule has 0 aliphatic carbocycles. The number of aliphatic imine (C=N–C) groups is 1. The lowest BCUT2D eigenvalue weighted by Gasteiger charge is -2.21. The molecular formula is C18H26IN5OS. The van der Waals surface area contributed by atoms with Crippen molar-refractivity contribution in [3.63, 3.8) is 0 Å². The highest BCUT2D eigenvalue weighted by molar-refractivity contribution is 14.0. The minimum Gasteiger partial charge on any atom is -0.356 e. The van der Waals surface area contributed by atoms with E-state index >= 15 is 0 Å². The summed E-state index contributed by atoms with van der Waals surface area (Å²) in [5.41, 5.74) is 2.84. The first-order valence-corrected chi connectivity index (χ1v) is 9.05. The van der Waals surface area contributed by atoms with Crippen LogP contribution in [-0.4, -0.2) is 49.4 Å². The molecule has 2 N–H and O–H groups in total. The second-order valence-electron chi connectivity index (χ2n) is 5.72. The lowest BCUT2D eigenvalue weighted by atomic mass is 10.1. The van der Waals surface area contributed by atoms with Crippen LogP contribution in [-0.2, 0) is 13.0 Å². The molecule has 0 radical (unpaired) electrons. The van der Waals surface area contributed by atoms with Gasteiger partial charge >= 0.3 is 0 Å². The van der Waals surface area contributed by atoms with Gasteiger partial charge in [-0.15, -0.1) is 35.3 Å². The number of hydrogen-bond donors (Lipinski definition) is 2. The summed E-state index contributed by atoms with van der Waals surface area (Å²) in [6.07, 6.45) is 0.813. The number of hydrogen-bond acceptors (Lipinski definition) is 4. The van der Waals surface area contributed by atoms with E-state index in [9.17, 15) is 4.79 Å². The maximum Gasteiger partial charge on any atom is 0.251 e. The van der Waals surface area contributed by atoms with Gasteiger partial charge in [0, 0.05) is 38.6 Å². The number of benzene rings is 1. The Labute approximate surface area is 176 Å². The zero-order chi connectivity index (χ0) is 18.2. The molecule has 0 atom stereocenters. The Morgan fingerprint density at radius 1 is 1.38 bits per heavy atom. The van der Waals surface area contributed by atoms with Crippen molar-refractivity contribution in [2.45, 2.75) is 19.9 Å². The molecule has 1 aromatic carbocycles. The van der Waals surface area contributed by atoms with Gasteiger partial charge in [0.1, 0.15) is 0 Å². The second kappa shape index (κ2) is 11.1. The highest BCUT2D eigenvalue weighted by Crippen LogP contribution is 2.10. The number of rotatable bonds is 6. The van der Waals surface area contributed by atoms with Crippen molar-refractivity contribution in [3.05, 3.63) is 51.5 Å². The van der Waals surface area contributed by atoms with Crippen molar-refractivity contribution in [3.8, 4) is 0 Å². The zero-order valence-electron chi connectivity index (χ0n) is 15.6. The van der Waals surface area contributed by atoms with Gasteiger partial charge in [-0.05, 0) is 31.0 Å². The number of nitrogens with zero attached hydrogens (tertiary/aromatic N) is 3. The lowest BCUT2D eigenvalue weighted by Crippen LogP contribution is -2.39. The Balaban J connectivity index is 0.00000338. The fourth-order valence-corrected chi connectivity index (χ4v) is 3.12. The topological polar surface area (TPSA) is 69.6 Å². The molecule has 0 unspecified atom stereocenters. The number of aromatic nitrogens is 1. The molecule has 2 rings (SSSR count). The van der Waals surface area contributed by atoms with Crippen molar-refractivity contribution >= 4 is 47.2 Å². The third-order valence-corrected chi connectivity index (χ3v) is 4.57. The van der Waals surface area contributed by atoms with Gasteiger partial charge in [-0.2, -0.15) is 0 Å². The van der Waals surface area contributed by atoms with Crippen LogP contribution in [0.3, 0.4) is 0 Å². The molecule has 142 valence electrons. The highest BCUT2D eigenvalue weighted by Gasteiger charge is 2.09. The van der Waals surface area contributed by atoms with Crippen molar-refractivity contribution < 1.29 is 4.79 Å². The Kier molecular flexibility index (Phi) is 9.57. The van der Waals surface area contributed by atoms with Crippen LogP contribution >= 0.6 is 35.3 Å². The zero-order valence-corrected chi connectivity index (χ0v) is 18.7. The first kappa shape index (κ1) is 22.4. The summed E-state index contributed by atoms with van der Waals surface area (Å²) >= 11 is 1.66. The third kappa shape index (κ3) is 6.56. The predicted octanol–water partition coefficient (Wildman–Crippen LogP) is 2.68. The highest BCUT2D eigenvalue weighted by atomic mass is 127. The fourth-order valence-electron chi connectivity index (χ4n) is 2.51. The van der Waals surface area contributed by atoms with Crippen LogP contribution in [0.2, 0.25) is 0 Å². The van der Waals surface area contributed by atoms with E-state index in [1.807, 2.05) is 38.2 Å². The van der Waals surface area contributed by atoms with Gasteiger partial charge in [0.2, 0.25) is 0 Å². The molecule has 0 saturated carbocycles. The van der Waals surface area contributed by atoms with E-state index < -0.39 is 0 Å². The van der Waals surface area contributed by atoms with Crippen LogP contribution in [0.5, 0.6) is 0 Å². The molecule has 8 heteroatoms. The summed E-state index contributed by atoms with van der Waals surface area (Å²) in [6.45, 7) is 3.47. The normalized spacial score (nSPS) is 10.8. The first-order valence-electron chi connectivity index (χ1n) is 8.17. The van der Waals surface area contributed by atoms with E-state index in [-0.39, 0.29) is 29.9 Å². The van der Waals surface area contributed by atoms with Crippen LogP contribution in [0.15, 0.2) is 34.6 Å². The molecule has 26 heavy (non-hydrogen) atoms. The second-order valence-corrected chi connectivity index (χ2v) is 6.78. The Morgan fingerprint density at radius 2 is 2.15 bits per heavy atom. The monoisotopic (exact) mass is 487 g/mol. The summed E-state index contributed by atoms with van der Waals surface area (Å²) in [5.74, 6) is 0.761. The SMILES string of the molecule is CN=C(NCCc1cccc(C(=O)NC)c1)N(C)Cc1csc(C)n1.I. The van der Waals surface area contributed by atoms with Gasteiger partial charge in [-0.25, -0.2) is 4.98 Å². The smallest absolute Gasteiger partial charge is 0.251 e. The quantitative estimate of drug-likeness (QED) is 0.374. The molecule has 1 amide bonds. The average Bonchev–Trinajstić information content (AvgIpc) is 3.02. The van der Waals surface area contributed by atoms with Crippen molar-refractivity contribution in [1.82, 2.24) is 20.5 Å². The summed E-state index contributed by atoms with van der Waals surface area (Å²) in [5, 5.41) is 9.15. The molecule has 0 fully saturated rings. The van der Waals surface area contributed by atoms with Gasteiger partial charge in [0.25, 0.3) is 5.91 Å². The number of guanidine groups is 1. The van der Waals surface area contributed by atoms with E-state index in [0.717, 1.165) is 41.7 Å². The fraction of sp³-hybridized carbons (Fsp3) is 0.389. The minimum atomic E-state index is -0.0658. The number of nitrogens with one attached hydrogen (secondary N) is 2. The van der Waals surface area contributed by atoms with Crippen LogP contribution in [0.1, 0.15) is 26.6 Å². The van der Waals surface area contributed by atoms with Gasteiger partial charge in [0.05, 0.1) is 17.2 Å². The summed E-state index contributed by atoms with van der Waals surface area (Å²) in [6, 6.07) is 7.67. The van der Waals surface area contributed by atoms with E-state index in [2.05, 4.69) is 30.9 Å². The number of amides is 1. The van der Waals surface area contributed by atoms with Crippen LogP contribution in [0.4, 0.5) is 0 Å². The first-order chi connectivity index (χ1) is 12.0. The van der Waals surface area contributed by atoms with Crippen LogP contribution in [0.25, 0.3) is 0 Å². The van der Waals surface area contributed by atoms with Crippen molar-refractivity contribution in [1.29, 1.82) is 0 Å². The number of halogens is 1. The molecule has 6 nitrogen and oxygen atoms in total. The van der Waals surface area contributed by atoms with Gasteiger partial charge in [0.15, 0.2) is 5.96 Å². The molecule has 0 bridgehead atoms. The van der Waals surface area contributed by atoms with Crippen LogP contribution in [0, 0.1) is 6.92 Å². The average molecular weight is 487 g/mol. The summed E-state index contributed by atoms with van der Waals surface area (Å²) in [4.78, 5) is 22.6. The maximum absolute atomic E-state index is 11.7. The van der Waals surface area contributed by atoms with E-state index in [1.54, 1.807) is 25.4 Å². The Bertz CT molecular complexity index is 747. The summed E-state index contributed by atoms with van der Waals surface area (Å²) < 4.78 is 0. The number of thiazole rings is 1. The van der Waals surface area contributed by atoms with Crippen molar-refractivity contribution in [2.24, 2.45) is 4.99 Å². The lowest BCUT2D eigenvalue weighted by molar-refractivity contribution is 0.0963. The van der Waals surface area contributed by atoms with Gasteiger partial charge in [-0.1, -0.05) is 12.1 Å². The van der Waals surface area contributed by atoms with Crippen molar-refractivity contribution in [2.75, 3.05) is 27.7 Å².